The summed E-state index contributed by atoms with van der Waals surface area (Å²) in [4.78, 5) is 28.7. The molecule has 5 rings (SSSR count). The molecule has 3 aromatic carbocycles. The van der Waals surface area contributed by atoms with Gasteiger partial charge in [0.15, 0.2) is 10.9 Å². The molecule has 0 atom stereocenters. The number of fused-ring (bicyclic) bond motifs is 4. The van der Waals surface area contributed by atoms with Crippen molar-refractivity contribution in [3.05, 3.63) is 79.1 Å². The van der Waals surface area contributed by atoms with Crippen LogP contribution >= 0.6 is 0 Å². The lowest BCUT2D eigenvalue weighted by Crippen LogP contribution is -2.18. The van der Waals surface area contributed by atoms with Crippen molar-refractivity contribution < 1.29 is 0 Å². The molecule has 222 valence electrons. The van der Waals surface area contributed by atoms with Gasteiger partial charge in [-0.05, 0) is 110 Å². The highest BCUT2D eigenvalue weighted by Crippen LogP contribution is 2.36. The highest BCUT2D eigenvalue weighted by molar-refractivity contribution is 6.04. The van der Waals surface area contributed by atoms with Gasteiger partial charge in [-0.3, -0.25) is 9.59 Å². The Balaban J connectivity index is 2.06. The van der Waals surface area contributed by atoms with Crippen LogP contribution in [-0.2, 0) is 0 Å². The Morgan fingerprint density at radius 1 is 0.381 bits per heavy atom. The number of hydrogen-bond donors (Lipinski definition) is 0. The first-order chi connectivity index (χ1) is 19.6. The summed E-state index contributed by atoms with van der Waals surface area (Å²) in [5.41, 5.74) is 8.66. The lowest BCUT2D eigenvalue weighted by atomic mass is 9.88. The van der Waals surface area contributed by atoms with Crippen LogP contribution in [0.3, 0.4) is 0 Å². The quantitative estimate of drug-likeness (QED) is 0.193. The van der Waals surface area contributed by atoms with E-state index in [1.165, 1.54) is 22.3 Å². The molecule has 0 N–H and O–H groups in total. The maximum absolute atomic E-state index is 14.4. The van der Waals surface area contributed by atoms with E-state index in [1.54, 1.807) is 0 Å². The monoisotopic (exact) mass is 564 g/mol. The van der Waals surface area contributed by atoms with Crippen LogP contribution in [0, 0.1) is 0 Å². The van der Waals surface area contributed by atoms with Crippen LogP contribution in [0.2, 0.25) is 0 Å². The van der Waals surface area contributed by atoms with Gasteiger partial charge in [0.05, 0.1) is 22.1 Å². The third kappa shape index (κ3) is 4.58. The van der Waals surface area contributed by atoms with Gasteiger partial charge < -0.3 is 9.13 Å². The molecule has 2 heterocycles. The molecular formula is C38H48N2O2. The van der Waals surface area contributed by atoms with Crippen molar-refractivity contribution in [2.24, 2.45) is 0 Å². The van der Waals surface area contributed by atoms with E-state index >= 15 is 0 Å². The first-order valence-corrected chi connectivity index (χ1v) is 15.9. The SMILES string of the molecule is CC(C)c1cc2c(=O)c3cc4c(cc3n(C(C)C)c2cc1C(C)C)c(=O)c1cc(C(C)C)c(C(C)C)cc1n4C(C)C. The molecule has 4 heteroatoms. The largest absolute Gasteiger partial charge is 0.338 e. The van der Waals surface area contributed by atoms with E-state index in [4.69, 9.17) is 0 Å². The third-order valence-electron chi connectivity index (χ3n) is 9.05. The first-order valence-electron chi connectivity index (χ1n) is 15.9. The van der Waals surface area contributed by atoms with Crippen LogP contribution in [0.1, 0.15) is 141 Å². The molecule has 0 unspecified atom stereocenters. The molecule has 0 spiro atoms. The van der Waals surface area contributed by atoms with E-state index < -0.39 is 0 Å². The number of hydrogen-bond acceptors (Lipinski definition) is 2. The van der Waals surface area contributed by atoms with Crippen LogP contribution in [0.15, 0.2) is 46.0 Å². The van der Waals surface area contributed by atoms with Crippen molar-refractivity contribution in [2.45, 2.75) is 119 Å². The number of aromatic nitrogens is 2. The van der Waals surface area contributed by atoms with Gasteiger partial charge in [0.1, 0.15) is 0 Å². The lowest BCUT2D eigenvalue weighted by molar-refractivity contribution is 0.635. The van der Waals surface area contributed by atoms with Gasteiger partial charge in [-0.15, -0.1) is 0 Å². The number of nitrogens with zero attached hydrogens (tertiary/aromatic N) is 2. The van der Waals surface area contributed by atoms with E-state index in [-0.39, 0.29) is 22.9 Å². The van der Waals surface area contributed by atoms with Crippen molar-refractivity contribution in [3.63, 3.8) is 0 Å². The molecule has 0 aliphatic heterocycles. The molecule has 0 saturated carbocycles. The highest BCUT2D eigenvalue weighted by Gasteiger charge is 2.23. The number of pyridine rings is 2. The predicted octanol–water partition coefficient (Wildman–Crippen LogP) is 10.3. The summed E-state index contributed by atoms with van der Waals surface area (Å²) >= 11 is 0. The fourth-order valence-electron chi connectivity index (χ4n) is 7.01. The summed E-state index contributed by atoms with van der Waals surface area (Å²) in [5.74, 6) is 1.30. The van der Waals surface area contributed by atoms with E-state index in [1.807, 2.05) is 12.1 Å². The summed E-state index contributed by atoms with van der Waals surface area (Å²) < 4.78 is 4.54. The van der Waals surface area contributed by atoms with Crippen molar-refractivity contribution in [2.75, 3.05) is 0 Å². The molecule has 2 aromatic heterocycles. The van der Waals surface area contributed by atoms with E-state index in [2.05, 4.69) is 116 Å². The molecule has 0 radical (unpaired) electrons. The molecule has 42 heavy (non-hydrogen) atoms. The Morgan fingerprint density at radius 2 is 0.619 bits per heavy atom. The van der Waals surface area contributed by atoms with E-state index in [9.17, 15) is 9.59 Å². The summed E-state index contributed by atoms with van der Waals surface area (Å²) in [6.07, 6.45) is 0. The van der Waals surface area contributed by atoms with Crippen LogP contribution in [0.25, 0.3) is 43.6 Å². The predicted molar refractivity (Wildman–Crippen MR) is 182 cm³/mol. The second kappa shape index (κ2) is 10.7. The maximum atomic E-state index is 14.4. The molecular weight excluding hydrogens is 516 g/mol. The van der Waals surface area contributed by atoms with Gasteiger partial charge in [-0.2, -0.15) is 0 Å². The minimum atomic E-state index is 0.0388. The zero-order valence-electron chi connectivity index (χ0n) is 27.6. The summed E-state index contributed by atoms with van der Waals surface area (Å²) in [7, 11) is 0. The maximum Gasteiger partial charge on any atom is 0.197 e. The average molecular weight is 565 g/mol. The van der Waals surface area contributed by atoms with Gasteiger partial charge in [-0.1, -0.05) is 55.4 Å². The van der Waals surface area contributed by atoms with Gasteiger partial charge >= 0.3 is 0 Å². The van der Waals surface area contributed by atoms with Crippen LogP contribution < -0.4 is 10.9 Å². The zero-order valence-corrected chi connectivity index (χ0v) is 27.6. The summed E-state index contributed by atoms with van der Waals surface area (Å²) in [6.45, 7) is 26.3. The van der Waals surface area contributed by atoms with Crippen molar-refractivity contribution in [1.82, 2.24) is 9.13 Å². The molecule has 0 saturated heterocycles. The normalized spacial score (nSPS) is 12.8. The number of benzene rings is 3. The average Bonchev–Trinajstić information content (AvgIpc) is 2.91. The van der Waals surface area contributed by atoms with Crippen LogP contribution in [0.5, 0.6) is 0 Å². The Kier molecular flexibility index (Phi) is 7.66. The molecule has 0 aliphatic rings. The Morgan fingerprint density at radius 3 is 0.881 bits per heavy atom. The van der Waals surface area contributed by atoms with Gasteiger partial charge in [-0.25, -0.2) is 0 Å². The highest BCUT2D eigenvalue weighted by atomic mass is 16.1. The minimum Gasteiger partial charge on any atom is -0.338 e. The Labute approximate surface area is 250 Å². The summed E-state index contributed by atoms with van der Waals surface area (Å²) in [5, 5.41) is 2.86. The lowest BCUT2D eigenvalue weighted by Gasteiger charge is -2.25. The molecule has 4 nitrogen and oxygen atoms in total. The smallest absolute Gasteiger partial charge is 0.197 e. The van der Waals surface area contributed by atoms with E-state index in [0.29, 0.717) is 34.4 Å². The molecule has 0 aliphatic carbocycles. The zero-order chi connectivity index (χ0) is 30.9. The number of rotatable bonds is 6. The second-order valence-corrected chi connectivity index (χ2v) is 14.1. The fraction of sp³-hybridized carbons (Fsp3) is 0.474. The van der Waals surface area contributed by atoms with Gasteiger partial charge in [0.25, 0.3) is 0 Å². The van der Waals surface area contributed by atoms with Crippen LogP contribution in [0.4, 0.5) is 0 Å². The topological polar surface area (TPSA) is 44.0 Å². The van der Waals surface area contributed by atoms with Gasteiger partial charge in [0.2, 0.25) is 0 Å². The molecule has 0 bridgehead atoms. The van der Waals surface area contributed by atoms with Gasteiger partial charge in [0, 0.05) is 33.6 Å². The Bertz CT molecular complexity index is 1840. The van der Waals surface area contributed by atoms with Crippen molar-refractivity contribution in [1.29, 1.82) is 0 Å². The standard InChI is InChI=1S/C38H48N2O2/c1-19(2)25-13-29-33(15-27(25)21(5)6)39(23(9)10)35-18-32-36(17-31(35)37(29)41)40(24(11)12)34-16-28(22(7)8)26(20(3)4)14-30(34)38(32)42/h13-24H,1-12H3. The Hall–Kier alpha value is -3.40. The second-order valence-electron chi connectivity index (χ2n) is 14.1. The van der Waals surface area contributed by atoms with Crippen molar-refractivity contribution >= 4 is 43.6 Å². The minimum absolute atomic E-state index is 0.0388. The molecule has 0 amide bonds. The molecule has 5 aromatic rings. The van der Waals surface area contributed by atoms with E-state index in [0.717, 1.165) is 32.8 Å². The first kappa shape index (κ1) is 30.1. The fourth-order valence-corrected chi connectivity index (χ4v) is 7.01. The van der Waals surface area contributed by atoms with Crippen molar-refractivity contribution in [3.8, 4) is 0 Å². The molecule has 0 fully saturated rings. The third-order valence-corrected chi connectivity index (χ3v) is 9.05. The van der Waals surface area contributed by atoms with Crippen LogP contribution in [-0.4, -0.2) is 9.13 Å². The summed E-state index contributed by atoms with van der Waals surface area (Å²) in [6, 6.07) is 13.0.